The number of sulfonamides is 1. The van der Waals surface area contributed by atoms with Gasteiger partial charge in [-0.15, -0.1) is 0 Å². The number of benzene rings is 2. The van der Waals surface area contributed by atoms with Crippen LogP contribution in [0.1, 0.15) is 85.7 Å². The number of fused-ring (bicyclic) bond motifs is 1. The number of amides is 1. The summed E-state index contributed by atoms with van der Waals surface area (Å²) in [5.74, 6) is -2.25. The molecule has 3 N–H and O–H groups in total. The van der Waals surface area contributed by atoms with Crippen molar-refractivity contribution in [2.75, 3.05) is 41.2 Å². The Morgan fingerprint density at radius 3 is 2.45 bits per heavy atom. The predicted molar refractivity (Wildman–Crippen MR) is 158 cm³/mol. The lowest BCUT2D eigenvalue weighted by atomic mass is 9.81. The van der Waals surface area contributed by atoms with Crippen molar-refractivity contribution in [2.24, 2.45) is 5.41 Å². The van der Waals surface area contributed by atoms with Gasteiger partial charge in [0, 0.05) is 38.0 Å². The molecule has 1 amide bonds. The molecule has 1 spiro atoms. The molecule has 6 rings (SSSR count). The minimum absolute atomic E-state index is 0.0550. The number of ether oxygens (including phenoxy) is 1. The fourth-order valence-corrected chi connectivity index (χ4v) is 7.43. The Labute approximate surface area is 245 Å². The number of rotatable bonds is 8. The van der Waals surface area contributed by atoms with Crippen LogP contribution < -0.4 is 19.7 Å². The third-order valence-electron chi connectivity index (χ3n) is 9.64. The summed E-state index contributed by atoms with van der Waals surface area (Å²) in [6.45, 7) is 3.00. The van der Waals surface area contributed by atoms with E-state index < -0.39 is 27.8 Å². The van der Waals surface area contributed by atoms with Crippen LogP contribution >= 0.6 is 0 Å². The second-order valence-electron chi connectivity index (χ2n) is 12.6. The molecule has 1 atom stereocenters. The van der Waals surface area contributed by atoms with E-state index in [0.29, 0.717) is 53.9 Å². The average Bonchev–Trinajstić information content (AvgIpc) is 3.53. The van der Waals surface area contributed by atoms with E-state index in [1.165, 1.54) is 19.8 Å². The molecular formula is C31H39F2N3O5S. The fourth-order valence-electron chi connectivity index (χ4n) is 6.57. The van der Waals surface area contributed by atoms with Crippen molar-refractivity contribution in [3.05, 3.63) is 47.0 Å². The Hall–Kier alpha value is -2.92. The molecule has 2 heterocycles. The van der Waals surface area contributed by atoms with Gasteiger partial charge in [-0.05, 0) is 98.2 Å². The van der Waals surface area contributed by atoms with Crippen LogP contribution in [0.25, 0.3) is 0 Å². The number of aliphatic hydroxyl groups excluding tert-OH is 1. The highest BCUT2D eigenvalue weighted by atomic mass is 32.2. The van der Waals surface area contributed by atoms with E-state index >= 15 is 0 Å². The van der Waals surface area contributed by atoms with E-state index in [0.717, 1.165) is 42.8 Å². The highest BCUT2D eigenvalue weighted by Gasteiger charge is 2.45. The van der Waals surface area contributed by atoms with Crippen LogP contribution in [0.3, 0.4) is 0 Å². The van der Waals surface area contributed by atoms with Gasteiger partial charge in [0.15, 0.2) is 0 Å². The maximum Gasteiger partial charge on any atom is 0.257 e. The van der Waals surface area contributed by atoms with E-state index in [1.54, 1.807) is 18.2 Å². The normalized spacial score (nSPS) is 21.9. The zero-order valence-electron chi connectivity index (χ0n) is 23.9. The molecule has 0 aromatic heterocycles. The molecule has 228 valence electrons. The predicted octanol–water partition coefficient (Wildman–Crippen LogP) is 5.67. The number of hydrogen-bond acceptors (Lipinski definition) is 6. The molecule has 2 aliphatic carbocycles. The largest absolute Gasteiger partial charge is 0.493 e. The second-order valence-corrected chi connectivity index (χ2v) is 14.7. The third-order valence-corrected chi connectivity index (χ3v) is 11.4. The van der Waals surface area contributed by atoms with Gasteiger partial charge >= 0.3 is 0 Å². The molecule has 2 saturated carbocycles. The molecule has 8 nitrogen and oxygen atoms in total. The lowest BCUT2D eigenvalue weighted by Gasteiger charge is -2.35. The van der Waals surface area contributed by atoms with Gasteiger partial charge in [-0.2, -0.15) is 0 Å². The van der Waals surface area contributed by atoms with Crippen molar-refractivity contribution in [1.82, 2.24) is 0 Å². The standard InChI is InChI=1S/C31H39F2N3O5S/c1-20(19-37)42(39,40)35-23-2-3-25(27(18-23)36-13-11-30(9-10-30)12-14-36)29(38)34-24-16-22-6-15-41-28(22)26(17-24)21-4-7-31(32,33)8-5-21/h2-3,16-18,20-21,35,37H,4-15,19H2,1H3,(H,34,38)/t20-/m1/s1. The summed E-state index contributed by atoms with van der Waals surface area (Å²) in [5, 5.41) is 11.4. The molecule has 11 heteroatoms. The number of aliphatic hydroxyl groups is 1. The first-order valence-electron chi connectivity index (χ1n) is 15.0. The van der Waals surface area contributed by atoms with E-state index in [9.17, 15) is 27.1 Å². The maximum absolute atomic E-state index is 13.9. The summed E-state index contributed by atoms with van der Waals surface area (Å²) < 4.78 is 61.5. The van der Waals surface area contributed by atoms with Crippen LogP contribution in [0.15, 0.2) is 30.3 Å². The molecule has 3 fully saturated rings. The van der Waals surface area contributed by atoms with Crippen LogP contribution in [0.2, 0.25) is 0 Å². The monoisotopic (exact) mass is 603 g/mol. The van der Waals surface area contributed by atoms with E-state index in [-0.39, 0.29) is 24.7 Å². The molecule has 2 aliphatic heterocycles. The molecule has 1 saturated heterocycles. The van der Waals surface area contributed by atoms with Gasteiger partial charge in [-0.1, -0.05) is 0 Å². The number of piperidine rings is 1. The number of alkyl halides is 2. The van der Waals surface area contributed by atoms with E-state index in [4.69, 9.17) is 4.74 Å². The Morgan fingerprint density at radius 2 is 1.79 bits per heavy atom. The molecule has 0 bridgehead atoms. The van der Waals surface area contributed by atoms with Crippen LogP contribution in [-0.4, -0.2) is 56.9 Å². The van der Waals surface area contributed by atoms with Crippen molar-refractivity contribution >= 4 is 33.0 Å². The Balaban J connectivity index is 1.28. The molecule has 42 heavy (non-hydrogen) atoms. The summed E-state index contributed by atoms with van der Waals surface area (Å²) in [7, 11) is -3.81. The highest BCUT2D eigenvalue weighted by Crippen LogP contribution is 2.54. The van der Waals surface area contributed by atoms with Gasteiger partial charge in [0.25, 0.3) is 5.91 Å². The third kappa shape index (κ3) is 5.95. The van der Waals surface area contributed by atoms with E-state index in [1.807, 2.05) is 12.1 Å². The lowest BCUT2D eigenvalue weighted by molar-refractivity contribution is -0.0383. The van der Waals surface area contributed by atoms with Crippen LogP contribution in [0.5, 0.6) is 5.75 Å². The van der Waals surface area contributed by atoms with Crippen LogP contribution in [0.4, 0.5) is 25.8 Å². The first-order valence-corrected chi connectivity index (χ1v) is 16.5. The SMILES string of the molecule is C[C@H](CO)S(=O)(=O)Nc1ccc(C(=O)Nc2cc3c(c(C4CCC(F)(F)CC4)c2)OCC3)c(N2CCC3(CC2)CC3)c1. The summed E-state index contributed by atoms with van der Waals surface area (Å²) in [5.41, 5.74) is 4.27. The number of nitrogens with zero attached hydrogens (tertiary/aromatic N) is 1. The minimum atomic E-state index is -3.81. The van der Waals surface area contributed by atoms with Crippen molar-refractivity contribution in [1.29, 1.82) is 0 Å². The number of nitrogens with one attached hydrogen (secondary N) is 2. The topological polar surface area (TPSA) is 108 Å². The number of carbonyl (C=O) groups excluding carboxylic acids is 1. The van der Waals surface area contributed by atoms with E-state index in [2.05, 4.69) is 14.9 Å². The number of halogens is 2. The van der Waals surface area contributed by atoms with Gasteiger partial charge in [0.2, 0.25) is 15.9 Å². The zero-order chi connectivity index (χ0) is 29.7. The fraction of sp³-hybridized carbons (Fsp3) is 0.581. The minimum Gasteiger partial charge on any atom is -0.493 e. The van der Waals surface area contributed by atoms with Gasteiger partial charge in [-0.25, -0.2) is 17.2 Å². The summed E-state index contributed by atoms with van der Waals surface area (Å²) in [6.07, 6.45) is 5.64. The summed E-state index contributed by atoms with van der Waals surface area (Å²) in [6, 6.07) is 8.67. The van der Waals surface area contributed by atoms with Crippen molar-refractivity contribution < 1.29 is 31.8 Å². The number of hydrogen-bond donors (Lipinski definition) is 3. The highest BCUT2D eigenvalue weighted by molar-refractivity contribution is 7.93. The molecule has 2 aromatic carbocycles. The van der Waals surface area contributed by atoms with Gasteiger partial charge < -0.3 is 20.1 Å². The summed E-state index contributed by atoms with van der Waals surface area (Å²) in [4.78, 5) is 16.0. The number of anilines is 3. The van der Waals surface area contributed by atoms with Crippen molar-refractivity contribution in [2.45, 2.75) is 81.8 Å². The Kier molecular flexibility index (Phi) is 7.62. The van der Waals surface area contributed by atoms with Gasteiger partial charge in [0.1, 0.15) is 11.0 Å². The molecule has 0 radical (unpaired) electrons. The second kappa shape index (κ2) is 11.0. The molecular weight excluding hydrogens is 564 g/mol. The number of carbonyl (C=O) groups is 1. The maximum atomic E-state index is 13.9. The molecule has 4 aliphatic rings. The van der Waals surface area contributed by atoms with Crippen LogP contribution in [-0.2, 0) is 16.4 Å². The first-order chi connectivity index (χ1) is 20.0. The Bertz CT molecular complexity index is 1460. The van der Waals surface area contributed by atoms with Crippen LogP contribution in [0, 0.1) is 5.41 Å². The lowest BCUT2D eigenvalue weighted by Crippen LogP contribution is -2.36. The van der Waals surface area contributed by atoms with Gasteiger partial charge in [-0.3, -0.25) is 9.52 Å². The molecule has 2 aromatic rings. The van der Waals surface area contributed by atoms with Gasteiger partial charge in [0.05, 0.1) is 30.2 Å². The zero-order valence-corrected chi connectivity index (χ0v) is 24.7. The average molecular weight is 604 g/mol. The quantitative estimate of drug-likeness (QED) is 0.359. The van der Waals surface area contributed by atoms with Crippen molar-refractivity contribution in [3.63, 3.8) is 0 Å². The Morgan fingerprint density at radius 1 is 1.07 bits per heavy atom. The summed E-state index contributed by atoms with van der Waals surface area (Å²) >= 11 is 0. The molecule has 0 unspecified atom stereocenters. The van der Waals surface area contributed by atoms with Crippen molar-refractivity contribution in [3.8, 4) is 5.75 Å². The smallest absolute Gasteiger partial charge is 0.257 e. The first kappa shape index (κ1) is 29.2.